The Morgan fingerprint density at radius 3 is 2.76 bits per heavy atom. The van der Waals surface area contributed by atoms with Crippen LogP contribution in [-0.4, -0.2) is 26.2 Å². The van der Waals surface area contributed by atoms with Crippen molar-refractivity contribution in [1.82, 2.24) is 20.2 Å². The molecule has 3 aliphatic rings. The molecule has 2 bridgehead atoms. The SMILES string of the molecule is [C-]#[N+]c1c(-c2[nH]nc3ncc(Cl)cc23)nc(N[C@@H]2C3CCC(CC3)[C@H]2C)c(F)c1-c1ccco1. The van der Waals surface area contributed by atoms with Gasteiger partial charge in [-0.3, -0.25) is 5.10 Å². The molecule has 0 spiro atoms. The molecule has 0 unspecified atom stereocenters. The van der Waals surface area contributed by atoms with E-state index < -0.39 is 5.82 Å². The van der Waals surface area contributed by atoms with Gasteiger partial charge in [0.05, 0.1) is 34.8 Å². The lowest BCUT2D eigenvalue weighted by Crippen LogP contribution is -2.47. The standard InChI is InChI=1S/C25H22ClFN6O/c1-12-13-5-7-14(8-6-13)20(12)30-25-19(27)18(17-4-3-9-34-17)22(28-2)23(31-25)21-16-10-15(26)11-29-24(16)33-32-21/h3-4,9-14,20H,5-8H2,1H3,(H,30,31)(H,29,32,33)/t12-,13?,14?,20+/m1/s1. The van der Waals surface area contributed by atoms with Crippen molar-refractivity contribution in [2.45, 2.75) is 38.6 Å². The number of anilines is 1. The first-order valence-electron chi connectivity index (χ1n) is 11.5. The molecule has 3 fully saturated rings. The average Bonchev–Trinajstić information content (AvgIpc) is 3.52. The number of halogens is 2. The summed E-state index contributed by atoms with van der Waals surface area (Å²) in [4.78, 5) is 12.6. The van der Waals surface area contributed by atoms with Crippen molar-refractivity contribution in [3.63, 3.8) is 0 Å². The van der Waals surface area contributed by atoms with Gasteiger partial charge in [0.15, 0.2) is 17.3 Å². The van der Waals surface area contributed by atoms with Crippen LogP contribution in [0, 0.1) is 30.1 Å². The summed E-state index contributed by atoms with van der Waals surface area (Å²) in [6.45, 7) is 10.1. The third kappa shape index (κ3) is 3.26. The number of pyridine rings is 2. The normalized spacial score (nSPS) is 23.8. The van der Waals surface area contributed by atoms with Crippen LogP contribution in [0.4, 0.5) is 15.9 Å². The van der Waals surface area contributed by atoms with Gasteiger partial charge >= 0.3 is 0 Å². The summed E-state index contributed by atoms with van der Waals surface area (Å²) in [7, 11) is 0. The highest BCUT2D eigenvalue weighted by Gasteiger charge is 2.42. The monoisotopic (exact) mass is 476 g/mol. The second-order valence-electron chi connectivity index (χ2n) is 9.26. The molecule has 3 saturated carbocycles. The molecule has 0 aliphatic heterocycles. The van der Waals surface area contributed by atoms with E-state index in [2.05, 4.69) is 37.3 Å². The van der Waals surface area contributed by atoms with Crippen molar-refractivity contribution >= 4 is 34.1 Å². The number of aromatic nitrogens is 4. The third-order valence-electron chi connectivity index (χ3n) is 7.54. The predicted molar refractivity (Wildman–Crippen MR) is 128 cm³/mol. The molecule has 0 amide bonds. The van der Waals surface area contributed by atoms with Crippen LogP contribution < -0.4 is 5.32 Å². The molecule has 4 aromatic heterocycles. The van der Waals surface area contributed by atoms with Crippen molar-refractivity contribution in [1.29, 1.82) is 0 Å². The number of H-pyrrole nitrogens is 1. The van der Waals surface area contributed by atoms with Gasteiger partial charge in [0.2, 0.25) is 5.69 Å². The smallest absolute Gasteiger partial charge is 0.228 e. The molecule has 34 heavy (non-hydrogen) atoms. The van der Waals surface area contributed by atoms with Gasteiger partial charge in [-0.25, -0.2) is 19.2 Å². The van der Waals surface area contributed by atoms with Crippen molar-refractivity contribution in [3.05, 3.63) is 52.9 Å². The highest BCUT2D eigenvalue weighted by Crippen LogP contribution is 2.48. The van der Waals surface area contributed by atoms with Crippen LogP contribution in [0.25, 0.3) is 38.6 Å². The second kappa shape index (κ2) is 8.10. The number of hydrogen-bond acceptors (Lipinski definition) is 5. The molecular weight excluding hydrogens is 455 g/mol. The number of rotatable bonds is 4. The van der Waals surface area contributed by atoms with Gasteiger partial charge in [0.1, 0.15) is 5.76 Å². The van der Waals surface area contributed by atoms with E-state index in [0.717, 1.165) is 12.8 Å². The van der Waals surface area contributed by atoms with Gasteiger partial charge in [-0.05, 0) is 61.6 Å². The number of fused-ring (bicyclic) bond motifs is 4. The van der Waals surface area contributed by atoms with Crippen LogP contribution in [0.1, 0.15) is 32.6 Å². The van der Waals surface area contributed by atoms with Gasteiger partial charge in [-0.15, -0.1) is 0 Å². The molecule has 0 radical (unpaired) electrons. The minimum absolute atomic E-state index is 0.0433. The fourth-order valence-corrected chi connectivity index (χ4v) is 5.95. The van der Waals surface area contributed by atoms with Gasteiger partial charge < -0.3 is 9.73 Å². The highest BCUT2D eigenvalue weighted by atomic mass is 35.5. The van der Waals surface area contributed by atoms with Crippen LogP contribution in [0.5, 0.6) is 0 Å². The number of furan rings is 1. The summed E-state index contributed by atoms with van der Waals surface area (Å²) in [5.74, 6) is 1.35. The molecule has 9 heteroatoms. The summed E-state index contributed by atoms with van der Waals surface area (Å²) in [5.41, 5.74) is 1.31. The van der Waals surface area contributed by atoms with Crippen LogP contribution >= 0.6 is 11.6 Å². The van der Waals surface area contributed by atoms with E-state index in [-0.39, 0.29) is 34.6 Å². The largest absolute Gasteiger partial charge is 0.466 e. The van der Waals surface area contributed by atoms with E-state index in [1.165, 1.54) is 25.3 Å². The molecule has 4 aromatic rings. The number of nitrogens with zero attached hydrogens (tertiary/aromatic N) is 4. The number of hydrogen-bond donors (Lipinski definition) is 2. The Balaban J connectivity index is 1.56. The zero-order chi connectivity index (χ0) is 23.4. The minimum atomic E-state index is -0.585. The molecule has 0 saturated heterocycles. The van der Waals surface area contributed by atoms with Gasteiger partial charge in [-0.1, -0.05) is 18.5 Å². The van der Waals surface area contributed by atoms with Crippen LogP contribution in [0.15, 0.2) is 35.1 Å². The summed E-state index contributed by atoms with van der Waals surface area (Å²) in [5, 5.41) is 11.6. The Kier molecular flexibility index (Phi) is 5.03. The molecule has 2 N–H and O–H groups in total. The van der Waals surface area contributed by atoms with Crippen LogP contribution in [0.2, 0.25) is 5.02 Å². The summed E-state index contributed by atoms with van der Waals surface area (Å²) >= 11 is 6.19. The molecular formula is C25H22ClFN6O. The zero-order valence-electron chi connectivity index (χ0n) is 18.5. The Hall–Kier alpha value is -3.44. The third-order valence-corrected chi connectivity index (χ3v) is 7.75. The lowest BCUT2D eigenvalue weighted by molar-refractivity contribution is 0.0926. The molecule has 172 valence electrons. The Morgan fingerprint density at radius 2 is 2.06 bits per heavy atom. The molecule has 2 atom stereocenters. The highest BCUT2D eigenvalue weighted by molar-refractivity contribution is 6.31. The van der Waals surface area contributed by atoms with Crippen LogP contribution in [0.3, 0.4) is 0 Å². The second-order valence-corrected chi connectivity index (χ2v) is 9.70. The van der Waals surface area contributed by atoms with E-state index in [0.29, 0.717) is 39.5 Å². The lowest BCUT2D eigenvalue weighted by Gasteiger charge is -2.47. The maximum Gasteiger partial charge on any atom is 0.228 e. The first-order chi connectivity index (χ1) is 16.5. The quantitative estimate of drug-likeness (QED) is 0.314. The van der Waals surface area contributed by atoms with Gasteiger partial charge in [0.25, 0.3) is 0 Å². The van der Waals surface area contributed by atoms with E-state index in [4.69, 9.17) is 22.6 Å². The minimum Gasteiger partial charge on any atom is -0.466 e. The van der Waals surface area contributed by atoms with Gasteiger partial charge in [0, 0.05) is 17.6 Å². The van der Waals surface area contributed by atoms with E-state index in [9.17, 15) is 0 Å². The Labute approximate surface area is 200 Å². The number of aromatic amines is 1. The maximum absolute atomic E-state index is 16.0. The fourth-order valence-electron chi connectivity index (χ4n) is 5.79. The first-order valence-corrected chi connectivity index (χ1v) is 11.8. The zero-order valence-corrected chi connectivity index (χ0v) is 19.2. The Morgan fingerprint density at radius 1 is 1.26 bits per heavy atom. The molecule has 4 heterocycles. The van der Waals surface area contributed by atoms with Crippen molar-refractivity contribution < 1.29 is 8.81 Å². The van der Waals surface area contributed by atoms with Crippen LogP contribution in [-0.2, 0) is 0 Å². The fraction of sp³-hybridized carbons (Fsp3) is 0.360. The first kappa shape index (κ1) is 21.1. The number of nitrogens with one attached hydrogen (secondary N) is 2. The predicted octanol–water partition coefficient (Wildman–Crippen LogP) is 6.86. The van der Waals surface area contributed by atoms with E-state index in [1.807, 2.05) is 0 Å². The van der Waals surface area contributed by atoms with E-state index >= 15 is 4.39 Å². The topological polar surface area (TPSA) is 84.0 Å². The maximum atomic E-state index is 16.0. The molecule has 7 nitrogen and oxygen atoms in total. The summed E-state index contributed by atoms with van der Waals surface area (Å²) in [6, 6.07) is 5.16. The molecule has 7 rings (SSSR count). The average molecular weight is 477 g/mol. The summed E-state index contributed by atoms with van der Waals surface area (Å²) < 4.78 is 21.6. The lowest BCUT2D eigenvalue weighted by atomic mass is 9.62. The van der Waals surface area contributed by atoms with Gasteiger partial charge in [-0.2, -0.15) is 5.10 Å². The molecule has 0 aromatic carbocycles. The molecule has 3 aliphatic carbocycles. The van der Waals surface area contributed by atoms with E-state index in [1.54, 1.807) is 18.2 Å². The summed E-state index contributed by atoms with van der Waals surface area (Å²) in [6.07, 6.45) is 7.71. The Bertz CT molecular complexity index is 1420. The van der Waals surface area contributed by atoms with Crippen molar-refractivity contribution in [2.75, 3.05) is 5.32 Å². The van der Waals surface area contributed by atoms with Crippen molar-refractivity contribution in [3.8, 4) is 22.7 Å². The van der Waals surface area contributed by atoms with Crippen molar-refractivity contribution in [2.24, 2.45) is 17.8 Å².